The zero-order valence-electron chi connectivity index (χ0n) is 20.5. The molecule has 0 amide bonds. The number of carbonyl (C=O) groups excluding carboxylic acids is 2. The third-order valence-electron chi connectivity index (χ3n) is 7.92. The Labute approximate surface area is 209 Å². The van der Waals surface area contributed by atoms with Crippen molar-refractivity contribution >= 4 is 23.9 Å². The summed E-state index contributed by atoms with van der Waals surface area (Å²) in [6.07, 6.45) is 12.1. The van der Waals surface area contributed by atoms with Crippen molar-refractivity contribution in [1.82, 2.24) is 4.72 Å². The largest absolute Gasteiger partial charge is 0.461 e. The zero-order chi connectivity index (χ0) is 25.3. The van der Waals surface area contributed by atoms with Crippen LogP contribution in [-0.4, -0.2) is 36.7 Å². The highest BCUT2D eigenvalue weighted by molar-refractivity contribution is 7.98. The van der Waals surface area contributed by atoms with Crippen molar-refractivity contribution in [2.24, 2.45) is 22.7 Å². The van der Waals surface area contributed by atoms with Crippen molar-refractivity contribution in [2.75, 3.05) is 13.2 Å². The van der Waals surface area contributed by atoms with Crippen LogP contribution in [0, 0.1) is 22.7 Å². The van der Waals surface area contributed by atoms with Gasteiger partial charge in [0.25, 0.3) is 0 Å². The van der Waals surface area contributed by atoms with Crippen LogP contribution in [0.3, 0.4) is 0 Å². The van der Waals surface area contributed by atoms with Gasteiger partial charge in [0.2, 0.25) is 0 Å². The number of hydrogen-bond donors (Lipinski definition) is 1. The van der Waals surface area contributed by atoms with Crippen molar-refractivity contribution in [3.63, 3.8) is 0 Å². The Morgan fingerprint density at radius 1 is 1.20 bits per heavy atom. The number of carbonyl (C=O) groups is 2. The van der Waals surface area contributed by atoms with Crippen LogP contribution in [-0.2, 0) is 19.1 Å². The van der Waals surface area contributed by atoms with Gasteiger partial charge in [-0.25, -0.2) is 0 Å². The number of alkyl halides is 3. The number of fused-ring (bicyclic) bond motifs is 4. The normalized spacial score (nSPS) is 33.3. The molecule has 1 N–H and O–H groups in total. The van der Waals surface area contributed by atoms with Gasteiger partial charge in [-0.3, -0.25) is 14.3 Å². The van der Waals surface area contributed by atoms with Gasteiger partial charge in [0.1, 0.15) is 12.7 Å². The second-order valence-corrected chi connectivity index (χ2v) is 12.2. The van der Waals surface area contributed by atoms with E-state index in [1.54, 1.807) is 0 Å². The zero-order valence-corrected chi connectivity index (χ0v) is 21.4. The van der Waals surface area contributed by atoms with E-state index in [0.717, 1.165) is 44.9 Å². The minimum Gasteiger partial charge on any atom is -0.461 e. The topological polar surface area (TPSA) is 64.6 Å². The number of esters is 2. The molecule has 0 heterocycles. The SMILES string of the molecule is CC1C=C2CCCC(C(=O)OCC(CNSC(F)(F)F)OC(=O)C3(C)C=C4CCCC(C4)C3)(C2)C1. The summed E-state index contributed by atoms with van der Waals surface area (Å²) in [6.45, 7) is 3.39. The van der Waals surface area contributed by atoms with Gasteiger partial charge in [0, 0.05) is 18.5 Å². The van der Waals surface area contributed by atoms with Gasteiger partial charge in [-0.05, 0) is 83.0 Å². The summed E-state index contributed by atoms with van der Waals surface area (Å²) in [5.41, 5.74) is -3.32. The van der Waals surface area contributed by atoms with Crippen LogP contribution >= 0.6 is 11.9 Å². The molecule has 2 saturated carbocycles. The molecule has 0 aliphatic heterocycles. The quantitative estimate of drug-likeness (QED) is 0.234. The van der Waals surface area contributed by atoms with Crippen molar-refractivity contribution < 1.29 is 32.2 Å². The van der Waals surface area contributed by atoms with Crippen molar-refractivity contribution in [2.45, 2.75) is 89.7 Å². The summed E-state index contributed by atoms with van der Waals surface area (Å²) in [4.78, 5) is 26.4. The second kappa shape index (κ2) is 10.5. The van der Waals surface area contributed by atoms with Crippen LogP contribution in [0.25, 0.3) is 0 Å². The fourth-order valence-corrected chi connectivity index (χ4v) is 7.06. The van der Waals surface area contributed by atoms with E-state index in [0.29, 0.717) is 25.2 Å². The lowest BCUT2D eigenvalue weighted by molar-refractivity contribution is -0.171. The predicted molar refractivity (Wildman–Crippen MR) is 128 cm³/mol. The lowest BCUT2D eigenvalue weighted by Crippen LogP contribution is -2.43. The standard InChI is InChI=1S/C26H36F3NO4S/c1-17-9-18-7-4-8-25(11-17,14-18)23(32)33-16-21(15-30-35-26(27,28)29)34-22(31)24(2)12-19-5-3-6-20(10-19)13-24/h9,12,17,20-21,30H,3-8,10-11,13-16H2,1-2H3. The number of hydrogen-bond acceptors (Lipinski definition) is 6. The van der Waals surface area contributed by atoms with Gasteiger partial charge < -0.3 is 9.47 Å². The smallest absolute Gasteiger partial charge is 0.456 e. The van der Waals surface area contributed by atoms with Crippen molar-refractivity contribution in [3.8, 4) is 0 Å². The molecule has 196 valence electrons. The molecular formula is C26H36F3NO4S. The van der Waals surface area contributed by atoms with Crippen LogP contribution in [0.15, 0.2) is 23.3 Å². The molecule has 4 aliphatic carbocycles. The van der Waals surface area contributed by atoms with Gasteiger partial charge in [-0.15, -0.1) is 0 Å². The first-order chi connectivity index (χ1) is 16.5. The van der Waals surface area contributed by atoms with E-state index in [2.05, 4.69) is 17.7 Å². The monoisotopic (exact) mass is 515 g/mol. The molecule has 5 nitrogen and oxygen atoms in total. The van der Waals surface area contributed by atoms with E-state index in [1.807, 2.05) is 13.0 Å². The molecular weight excluding hydrogens is 479 g/mol. The Balaban J connectivity index is 1.41. The molecule has 4 aliphatic rings. The van der Waals surface area contributed by atoms with E-state index in [1.165, 1.54) is 11.1 Å². The Hall–Kier alpha value is -1.48. The Morgan fingerprint density at radius 2 is 1.97 bits per heavy atom. The highest BCUT2D eigenvalue weighted by atomic mass is 32.2. The summed E-state index contributed by atoms with van der Waals surface area (Å²) < 4.78 is 51.6. The van der Waals surface area contributed by atoms with E-state index in [9.17, 15) is 22.8 Å². The Kier molecular flexibility index (Phi) is 7.96. The molecule has 0 radical (unpaired) electrons. The first-order valence-corrected chi connectivity index (χ1v) is 13.5. The first-order valence-electron chi connectivity index (χ1n) is 12.7. The molecule has 5 atom stereocenters. The summed E-state index contributed by atoms with van der Waals surface area (Å²) in [5, 5.41) is 0. The third-order valence-corrected chi connectivity index (χ3v) is 8.46. The van der Waals surface area contributed by atoms with Crippen molar-refractivity contribution in [1.29, 1.82) is 0 Å². The molecule has 0 aromatic rings. The summed E-state index contributed by atoms with van der Waals surface area (Å²) in [7, 11) is 0. The van der Waals surface area contributed by atoms with Gasteiger partial charge in [-0.1, -0.05) is 30.2 Å². The van der Waals surface area contributed by atoms with Crippen molar-refractivity contribution in [3.05, 3.63) is 23.3 Å². The highest BCUT2D eigenvalue weighted by Gasteiger charge is 2.46. The van der Waals surface area contributed by atoms with Crippen LogP contribution in [0.5, 0.6) is 0 Å². The van der Waals surface area contributed by atoms with Gasteiger partial charge >= 0.3 is 17.4 Å². The lowest BCUT2D eigenvalue weighted by atomic mass is 9.64. The van der Waals surface area contributed by atoms with E-state index in [-0.39, 0.29) is 37.0 Å². The Bertz CT molecular complexity index is 888. The predicted octanol–water partition coefficient (Wildman–Crippen LogP) is 6.25. The van der Waals surface area contributed by atoms with Gasteiger partial charge in [-0.2, -0.15) is 13.2 Å². The Morgan fingerprint density at radius 3 is 2.71 bits per heavy atom. The van der Waals surface area contributed by atoms with Crippen LogP contribution < -0.4 is 4.72 Å². The fraction of sp³-hybridized carbons (Fsp3) is 0.769. The van der Waals surface area contributed by atoms with Crippen LogP contribution in [0.4, 0.5) is 13.2 Å². The molecule has 0 aromatic heterocycles. The summed E-state index contributed by atoms with van der Waals surface area (Å²) in [6, 6.07) is 0. The molecule has 2 fully saturated rings. The lowest BCUT2D eigenvalue weighted by Gasteiger charge is -2.41. The molecule has 0 saturated heterocycles. The van der Waals surface area contributed by atoms with E-state index in [4.69, 9.17) is 9.47 Å². The van der Waals surface area contributed by atoms with Crippen LogP contribution in [0.2, 0.25) is 0 Å². The molecule has 4 bridgehead atoms. The molecule has 5 unspecified atom stereocenters. The number of nitrogens with one attached hydrogen (secondary N) is 1. The third kappa shape index (κ3) is 6.64. The minimum atomic E-state index is -4.47. The maximum atomic E-state index is 13.2. The molecule has 35 heavy (non-hydrogen) atoms. The average molecular weight is 516 g/mol. The fourth-order valence-electron chi connectivity index (χ4n) is 6.63. The number of ether oxygens (including phenoxy) is 2. The average Bonchev–Trinajstić information content (AvgIpc) is 2.75. The maximum Gasteiger partial charge on any atom is 0.456 e. The number of allylic oxidation sites excluding steroid dienone is 3. The first kappa shape index (κ1) is 26.6. The van der Waals surface area contributed by atoms with Gasteiger partial charge in [0.15, 0.2) is 0 Å². The van der Waals surface area contributed by atoms with E-state index >= 15 is 0 Å². The second-order valence-electron chi connectivity index (χ2n) is 11.2. The summed E-state index contributed by atoms with van der Waals surface area (Å²) in [5.74, 6) is -0.0882. The summed E-state index contributed by atoms with van der Waals surface area (Å²) >= 11 is -0.388. The van der Waals surface area contributed by atoms with E-state index < -0.39 is 28.4 Å². The van der Waals surface area contributed by atoms with Crippen LogP contribution in [0.1, 0.15) is 78.1 Å². The molecule has 0 spiro atoms. The minimum absolute atomic E-state index is 0.263. The van der Waals surface area contributed by atoms with Gasteiger partial charge in [0.05, 0.1) is 10.8 Å². The molecule has 9 heteroatoms. The highest BCUT2D eigenvalue weighted by Crippen LogP contribution is 2.49. The molecule has 0 aromatic carbocycles. The maximum absolute atomic E-state index is 13.2. The number of halogens is 3. The molecule has 4 rings (SSSR count). The number of rotatable bonds is 8.